The fourth-order valence-corrected chi connectivity index (χ4v) is 2.09. The van der Waals surface area contributed by atoms with Gasteiger partial charge in [0.1, 0.15) is 0 Å². The summed E-state index contributed by atoms with van der Waals surface area (Å²) in [5.74, 6) is 0.570. The molecular weight excluding hydrogens is 258 g/mol. The van der Waals surface area contributed by atoms with Crippen LogP contribution >= 0.6 is 11.8 Å². The van der Waals surface area contributed by atoms with Gasteiger partial charge in [-0.3, -0.25) is 9.59 Å². The van der Waals surface area contributed by atoms with Crippen LogP contribution in [0.5, 0.6) is 0 Å². The van der Waals surface area contributed by atoms with E-state index in [0.29, 0.717) is 5.56 Å². The van der Waals surface area contributed by atoms with Gasteiger partial charge >= 0.3 is 0 Å². The molecule has 0 N–H and O–H groups in total. The summed E-state index contributed by atoms with van der Waals surface area (Å²) >= 11 is 1.28. The number of carbonyl (C=O) groups excluding carboxylic acids is 2. The van der Waals surface area contributed by atoms with Gasteiger partial charge in [0.2, 0.25) is 0 Å². The van der Waals surface area contributed by atoms with Crippen molar-refractivity contribution in [1.29, 1.82) is 5.26 Å². The maximum Gasteiger partial charge on any atom is 0.185 e. The van der Waals surface area contributed by atoms with Gasteiger partial charge in [-0.15, -0.1) is 0 Å². The standard InChI is InChI=1S/C15H15NO2S/c1-12(17)19-11-5-4-7-13-6-2-3-8-14(13)15(18)9-10-16/h2-4,6-8H,5,9,11H2,1H3. The summed E-state index contributed by atoms with van der Waals surface area (Å²) in [6.45, 7) is 1.55. The zero-order chi connectivity index (χ0) is 14.1. The van der Waals surface area contributed by atoms with E-state index >= 15 is 0 Å². The molecule has 0 spiro atoms. The third-order valence-corrected chi connectivity index (χ3v) is 3.23. The van der Waals surface area contributed by atoms with Crippen molar-refractivity contribution in [2.24, 2.45) is 0 Å². The summed E-state index contributed by atoms with van der Waals surface area (Å²) in [7, 11) is 0. The first-order valence-electron chi connectivity index (χ1n) is 5.94. The minimum absolute atomic E-state index is 0.106. The summed E-state index contributed by atoms with van der Waals surface area (Å²) in [6, 6.07) is 9.08. The highest BCUT2D eigenvalue weighted by atomic mass is 32.2. The van der Waals surface area contributed by atoms with E-state index in [1.54, 1.807) is 19.1 Å². The maximum absolute atomic E-state index is 11.7. The van der Waals surface area contributed by atoms with Gasteiger partial charge in [-0.2, -0.15) is 5.26 Å². The minimum Gasteiger partial charge on any atom is -0.293 e. The highest BCUT2D eigenvalue weighted by molar-refractivity contribution is 8.13. The quantitative estimate of drug-likeness (QED) is 0.588. The Morgan fingerprint density at radius 2 is 2.11 bits per heavy atom. The molecule has 0 atom stereocenters. The zero-order valence-electron chi connectivity index (χ0n) is 10.8. The first kappa shape index (κ1) is 15.2. The molecule has 3 nitrogen and oxygen atoms in total. The highest BCUT2D eigenvalue weighted by Crippen LogP contribution is 2.14. The van der Waals surface area contributed by atoms with E-state index in [2.05, 4.69) is 0 Å². The van der Waals surface area contributed by atoms with Crippen LogP contribution in [0.15, 0.2) is 30.3 Å². The molecule has 0 aliphatic rings. The largest absolute Gasteiger partial charge is 0.293 e. The predicted octanol–water partition coefficient (Wildman–Crippen LogP) is 3.47. The molecule has 0 bridgehead atoms. The Balaban J connectivity index is 2.68. The number of hydrogen-bond acceptors (Lipinski definition) is 4. The monoisotopic (exact) mass is 273 g/mol. The van der Waals surface area contributed by atoms with Crippen molar-refractivity contribution in [2.45, 2.75) is 19.8 Å². The van der Waals surface area contributed by atoms with E-state index in [9.17, 15) is 9.59 Å². The second-order valence-corrected chi connectivity index (χ2v) is 5.15. The molecule has 0 unspecified atom stereocenters. The number of nitrogens with zero attached hydrogens (tertiary/aromatic N) is 1. The summed E-state index contributed by atoms with van der Waals surface area (Å²) in [4.78, 5) is 22.5. The van der Waals surface area contributed by atoms with E-state index in [1.165, 1.54) is 11.8 Å². The molecule has 0 aliphatic carbocycles. The zero-order valence-corrected chi connectivity index (χ0v) is 11.6. The summed E-state index contributed by atoms with van der Waals surface area (Å²) in [5, 5.41) is 8.67. The van der Waals surface area contributed by atoms with Crippen LogP contribution in [0.4, 0.5) is 0 Å². The Kier molecular flexibility index (Phi) is 6.62. The van der Waals surface area contributed by atoms with Crippen molar-refractivity contribution < 1.29 is 9.59 Å². The lowest BCUT2D eigenvalue weighted by Gasteiger charge is -2.02. The Hall–Kier alpha value is -1.86. The Bertz CT molecular complexity index is 529. The number of Topliss-reactive ketones (excluding diaryl/α,β-unsaturated/α-hetero) is 1. The van der Waals surface area contributed by atoms with Crippen molar-refractivity contribution in [3.05, 3.63) is 41.5 Å². The van der Waals surface area contributed by atoms with Gasteiger partial charge in [-0.1, -0.05) is 48.2 Å². The van der Waals surface area contributed by atoms with Gasteiger partial charge in [0, 0.05) is 18.2 Å². The van der Waals surface area contributed by atoms with Crippen LogP contribution in [0, 0.1) is 11.3 Å². The fourth-order valence-electron chi connectivity index (χ4n) is 1.54. The molecule has 0 fully saturated rings. The average molecular weight is 273 g/mol. The van der Waals surface area contributed by atoms with Crippen LogP contribution in [0.1, 0.15) is 35.7 Å². The first-order chi connectivity index (χ1) is 9.15. The van der Waals surface area contributed by atoms with E-state index in [4.69, 9.17) is 5.26 Å². The van der Waals surface area contributed by atoms with Crippen molar-refractivity contribution in [1.82, 2.24) is 0 Å². The average Bonchev–Trinajstić information content (AvgIpc) is 2.38. The molecule has 0 saturated heterocycles. The molecule has 0 aliphatic heterocycles. The molecule has 1 aromatic rings. The number of thioether (sulfide) groups is 1. The van der Waals surface area contributed by atoms with E-state index < -0.39 is 0 Å². The molecule has 0 saturated carbocycles. The molecule has 0 amide bonds. The van der Waals surface area contributed by atoms with Crippen LogP contribution in [0.2, 0.25) is 0 Å². The first-order valence-corrected chi connectivity index (χ1v) is 6.92. The molecule has 4 heteroatoms. The second-order valence-electron chi connectivity index (χ2n) is 3.88. The number of carbonyl (C=O) groups is 2. The molecule has 0 heterocycles. The van der Waals surface area contributed by atoms with Crippen LogP contribution in [0.3, 0.4) is 0 Å². The lowest BCUT2D eigenvalue weighted by atomic mass is 10.0. The van der Waals surface area contributed by atoms with Gasteiger partial charge in [0.25, 0.3) is 0 Å². The lowest BCUT2D eigenvalue weighted by molar-refractivity contribution is -0.109. The van der Waals surface area contributed by atoms with Crippen molar-refractivity contribution in [3.63, 3.8) is 0 Å². The smallest absolute Gasteiger partial charge is 0.185 e. The van der Waals surface area contributed by atoms with Gasteiger partial charge < -0.3 is 0 Å². The number of ketones is 1. The lowest BCUT2D eigenvalue weighted by Crippen LogP contribution is -1.99. The van der Waals surface area contributed by atoms with Gasteiger partial charge in [-0.25, -0.2) is 0 Å². The molecule has 0 radical (unpaired) electrons. The van der Waals surface area contributed by atoms with Crippen LogP contribution in [-0.4, -0.2) is 16.7 Å². The molecular formula is C15H15NO2S. The Morgan fingerprint density at radius 3 is 2.79 bits per heavy atom. The number of rotatable bonds is 6. The van der Waals surface area contributed by atoms with Crippen LogP contribution < -0.4 is 0 Å². The van der Waals surface area contributed by atoms with Crippen molar-refractivity contribution >= 4 is 28.7 Å². The predicted molar refractivity (Wildman–Crippen MR) is 77.8 cm³/mol. The number of nitriles is 1. The Morgan fingerprint density at radius 1 is 1.37 bits per heavy atom. The summed E-state index contributed by atoms with van der Waals surface area (Å²) in [5.41, 5.74) is 1.38. The van der Waals surface area contributed by atoms with Crippen molar-refractivity contribution in [2.75, 3.05) is 5.75 Å². The van der Waals surface area contributed by atoms with Gasteiger partial charge in [0.05, 0.1) is 12.5 Å². The highest BCUT2D eigenvalue weighted by Gasteiger charge is 2.07. The van der Waals surface area contributed by atoms with Crippen LogP contribution in [0.25, 0.3) is 6.08 Å². The molecule has 98 valence electrons. The maximum atomic E-state index is 11.7. The molecule has 1 aromatic carbocycles. The van der Waals surface area contributed by atoms with E-state index in [1.807, 2.05) is 30.4 Å². The number of hydrogen-bond donors (Lipinski definition) is 0. The van der Waals surface area contributed by atoms with Crippen molar-refractivity contribution in [3.8, 4) is 6.07 Å². The molecule has 1 rings (SSSR count). The second kappa shape index (κ2) is 8.28. The van der Waals surface area contributed by atoms with Gasteiger partial charge in [-0.05, 0) is 12.0 Å². The SMILES string of the molecule is CC(=O)SCCC=Cc1ccccc1C(=O)CC#N. The van der Waals surface area contributed by atoms with E-state index in [-0.39, 0.29) is 17.3 Å². The minimum atomic E-state index is -0.166. The fraction of sp³-hybridized carbons (Fsp3) is 0.267. The topological polar surface area (TPSA) is 57.9 Å². The normalized spacial score (nSPS) is 10.3. The third kappa shape index (κ3) is 5.54. The van der Waals surface area contributed by atoms with E-state index in [0.717, 1.165) is 17.7 Å². The summed E-state index contributed by atoms with van der Waals surface area (Å²) < 4.78 is 0. The molecule has 19 heavy (non-hydrogen) atoms. The number of allylic oxidation sites excluding steroid dienone is 1. The Labute approximate surface area is 117 Å². The molecule has 0 aromatic heterocycles. The summed E-state index contributed by atoms with van der Waals surface area (Å²) in [6.07, 6.45) is 4.47. The third-order valence-electron chi connectivity index (χ3n) is 2.39. The number of benzene rings is 1. The van der Waals surface area contributed by atoms with Crippen LogP contribution in [-0.2, 0) is 4.79 Å². The van der Waals surface area contributed by atoms with Gasteiger partial charge in [0.15, 0.2) is 10.9 Å².